The molecule has 204 valence electrons. The predicted molar refractivity (Wildman–Crippen MR) is 136 cm³/mol. The third-order valence-electron chi connectivity index (χ3n) is 5.77. The fraction of sp³-hybridized carbons (Fsp3) is 0.148. The highest BCUT2D eigenvalue weighted by Crippen LogP contribution is 2.37. The van der Waals surface area contributed by atoms with Crippen molar-refractivity contribution >= 4 is 16.8 Å². The van der Waals surface area contributed by atoms with E-state index < -0.39 is 17.8 Å². The number of nitrogens with two attached hydrogens (primary N) is 1. The fourth-order valence-electron chi connectivity index (χ4n) is 3.93. The molecule has 3 heterocycles. The summed E-state index contributed by atoms with van der Waals surface area (Å²) in [6, 6.07) is 12.2. The average Bonchev–Trinajstić information content (AvgIpc) is 3.40. The summed E-state index contributed by atoms with van der Waals surface area (Å²) in [5.41, 5.74) is 5.71. The molecule has 3 N–H and O–H groups in total. The minimum absolute atomic E-state index is 0.000760. The minimum Gasteiger partial charge on any atom is -0.494 e. The first-order valence-electron chi connectivity index (χ1n) is 11.8. The molecule has 5 rings (SSSR count). The number of carbonyl (C=O) groups is 1. The number of rotatable bonds is 8. The first-order chi connectivity index (χ1) is 19.3. The molecule has 10 nitrogen and oxygen atoms in total. The summed E-state index contributed by atoms with van der Waals surface area (Å²) in [4.78, 5) is 29.1. The molecule has 0 bridgehead atoms. The SMILES string of the molecule is COc1ccc(-c2nc(C(=O)NCc3cccc(Oc4cnccn4)c3)c(CN)o2)c2ccc(C(F)(F)F)nc12. The molecular weight excluding hydrogens is 529 g/mol. The number of methoxy groups -OCH3 is 1. The van der Waals surface area contributed by atoms with Crippen molar-refractivity contribution in [2.75, 3.05) is 7.11 Å². The van der Waals surface area contributed by atoms with Crippen LogP contribution in [-0.2, 0) is 19.3 Å². The quantitative estimate of drug-likeness (QED) is 0.277. The zero-order chi connectivity index (χ0) is 28.3. The Hall–Kier alpha value is -5.04. The molecular formula is C27H21F3N6O4. The summed E-state index contributed by atoms with van der Waals surface area (Å²) in [6.07, 6.45) is -0.132. The van der Waals surface area contributed by atoms with E-state index in [0.29, 0.717) is 22.6 Å². The number of nitrogens with zero attached hydrogens (tertiary/aromatic N) is 4. The van der Waals surface area contributed by atoms with Crippen molar-refractivity contribution in [2.45, 2.75) is 19.3 Å². The van der Waals surface area contributed by atoms with Crippen molar-refractivity contribution in [2.24, 2.45) is 5.73 Å². The van der Waals surface area contributed by atoms with E-state index in [1.165, 1.54) is 37.8 Å². The van der Waals surface area contributed by atoms with Gasteiger partial charge >= 0.3 is 6.18 Å². The van der Waals surface area contributed by atoms with Gasteiger partial charge in [0.25, 0.3) is 5.91 Å². The Morgan fingerprint density at radius 3 is 2.67 bits per heavy atom. The van der Waals surface area contributed by atoms with Gasteiger partial charge in [0.2, 0.25) is 11.8 Å². The van der Waals surface area contributed by atoms with Crippen molar-refractivity contribution < 1.29 is 31.9 Å². The lowest BCUT2D eigenvalue weighted by Gasteiger charge is -2.11. The number of halogens is 3. The van der Waals surface area contributed by atoms with E-state index in [-0.39, 0.29) is 41.7 Å². The summed E-state index contributed by atoms with van der Waals surface area (Å²) >= 11 is 0. The van der Waals surface area contributed by atoms with Gasteiger partial charge in [-0.05, 0) is 42.0 Å². The van der Waals surface area contributed by atoms with Gasteiger partial charge in [-0.15, -0.1) is 0 Å². The molecule has 0 spiro atoms. The third kappa shape index (κ3) is 5.54. The van der Waals surface area contributed by atoms with Gasteiger partial charge in [0.05, 0.1) is 19.9 Å². The van der Waals surface area contributed by atoms with Crippen LogP contribution in [0.2, 0.25) is 0 Å². The van der Waals surface area contributed by atoms with Crippen molar-refractivity contribution in [1.29, 1.82) is 0 Å². The van der Waals surface area contributed by atoms with E-state index in [1.807, 2.05) is 0 Å². The lowest BCUT2D eigenvalue weighted by atomic mass is 10.1. The first-order valence-corrected chi connectivity index (χ1v) is 11.8. The number of ether oxygens (including phenoxy) is 2. The van der Waals surface area contributed by atoms with Gasteiger partial charge in [-0.25, -0.2) is 15.0 Å². The molecule has 0 fully saturated rings. The van der Waals surface area contributed by atoms with Crippen molar-refractivity contribution in [1.82, 2.24) is 25.3 Å². The lowest BCUT2D eigenvalue weighted by molar-refractivity contribution is -0.140. The number of alkyl halides is 3. The number of carbonyl (C=O) groups excluding carboxylic acids is 1. The Labute approximate surface area is 225 Å². The van der Waals surface area contributed by atoms with Crippen molar-refractivity contribution in [3.05, 3.63) is 89.8 Å². The summed E-state index contributed by atoms with van der Waals surface area (Å²) in [5.74, 6) is 0.523. The molecule has 5 aromatic rings. The summed E-state index contributed by atoms with van der Waals surface area (Å²) in [5, 5.41) is 3.06. The van der Waals surface area contributed by atoms with Crippen LogP contribution in [0.5, 0.6) is 17.4 Å². The second-order valence-electron chi connectivity index (χ2n) is 8.38. The van der Waals surface area contributed by atoms with Crippen molar-refractivity contribution in [3.63, 3.8) is 0 Å². The molecule has 0 saturated carbocycles. The molecule has 1 amide bonds. The number of fused-ring (bicyclic) bond motifs is 1. The standard InChI is InChI=1S/C27H21F3N6O4/c1-38-19-7-5-18(17-6-8-21(27(28,29)30)35-23(17)19)26-36-24(20(12-31)40-26)25(37)34-13-15-3-2-4-16(11-15)39-22-14-32-9-10-33-22/h2-11,14H,12-13,31H2,1H3,(H,34,37). The van der Waals surface area contributed by atoms with Crippen LogP contribution < -0.4 is 20.5 Å². The maximum atomic E-state index is 13.3. The molecule has 2 aromatic carbocycles. The van der Waals surface area contributed by atoms with Crippen LogP contribution in [0.3, 0.4) is 0 Å². The number of oxazole rings is 1. The Kier molecular flexibility index (Phi) is 7.29. The number of amides is 1. The summed E-state index contributed by atoms with van der Waals surface area (Å²) < 4.78 is 56.5. The molecule has 0 unspecified atom stereocenters. The second kappa shape index (κ2) is 11.0. The third-order valence-corrected chi connectivity index (χ3v) is 5.77. The highest BCUT2D eigenvalue weighted by atomic mass is 19.4. The van der Waals surface area contributed by atoms with Crippen LogP contribution in [-0.4, -0.2) is 33.0 Å². The molecule has 0 radical (unpaired) electrons. The van der Waals surface area contributed by atoms with E-state index in [9.17, 15) is 18.0 Å². The second-order valence-corrected chi connectivity index (χ2v) is 8.38. The topological polar surface area (TPSA) is 138 Å². The largest absolute Gasteiger partial charge is 0.494 e. The molecule has 0 aliphatic carbocycles. The Bertz CT molecular complexity index is 1670. The predicted octanol–water partition coefficient (Wildman–Crippen LogP) is 4.89. The summed E-state index contributed by atoms with van der Waals surface area (Å²) in [7, 11) is 1.33. The molecule has 0 aliphatic rings. The van der Waals surface area contributed by atoms with E-state index in [4.69, 9.17) is 19.6 Å². The average molecular weight is 550 g/mol. The van der Waals surface area contributed by atoms with Crippen LogP contribution in [0.25, 0.3) is 22.4 Å². The number of pyridine rings is 1. The van der Waals surface area contributed by atoms with Gasteiger partial charge in [0.1, 0.15) is 22.7 Å². The zero-order valence-electron chi connectivity index (χ0n) is 20.9. The first kappa shape index (κ1) is 26.6. The van der Waals surface area contributed by atoms with E-state index in [1.54, 1.807) is 30.3 Å². The maximum Gasteiger partial charge on any atom is 0.433 e. The van der Waals surface area contributed by atoms with Crippen LogP contribution >= 0.6 is 0 Å². The van der Waals surface area contributed by atoms with Crippen LogP contribution in [0.4, 0.5) is 13.2 Å². The number of nitrogens with one attached hydrogen (secondary N) is 1. The lowest BCUT2D eigenvalue weighted by Crippen LogP contribution is -2.24. The highest BCUT2D eigenvalue weighted by molar-refractivity contribution is 5.98. The fourth-order valence-corrected chi connectivity index (χ4v) is 3.93. The van der Waals surface area contributed by atoms with Gasteiger partial charge in [0.15, 0.2) is 11.5 Å². The zero-order valence-corrected chi connectivity index (χ0v) is 20.9. The molecule has 0 aliphatic heterocycles. The van der Waals surface area contributed by atoms with Crippen LogP contribution in [0, 0.1) is 0 Å². The van der Waals surface area contributed by atoms with E-state index in [2.05, 4.69) is 25.3 Å². The van der Waals surface area contributed by atoms with Crippen LogP contribution in [0.1, 0.15) is 27.5 Å². The Balaban J connectivity index is 1.39. The van der Waals surface area contributed by atoms with Gasteiger partial charge in [-0.2, -0.15) is 13.2 Å². The Morgan fingerprint density at radius 2 is 1.95 bits per heavy atom. The highest BCUT2D eigenvalue weighted by Gasteiger charge is 2.33. The van der Waals surface area contributed by atoms with Gasteiger partial charge in [-0.3, -0.25) is 9.78 Å². The van der Waals surface area contributed by atoms with Gasteiger partial charge < -0.3 is 24.9 Å². The number of hydrogen-bond donors (Lipinski definition) is 2. The molecule has 3 aromatic heterocycles. The monoisotopic (exact) mass is 550 g/mol. The number of aromatic nitrogens is 4. The normalized spacial score (nSPS) is 11.4. The van der Waals surface area contributed by atoms with E-state index >= 15 is 0 Å². The Morgan fingerprint density at radius 1 is 1.10 bits per heavy atom. The smallest absolute Gasteiger partial charge is 0.433 e. The van der Waals surface area contributed by atoms with Gasteiger partial charge in [-0.1, -0.05) is 12.1 Å². The van der Waals surface area contributed by atoms with Crippen LogP contribution in [0.15, 0.2) is 71.5 Å². The summed E-state index contributed by atoms with van der Waals surface area (Å²) in [6.45, 7) is 0.0000602. The molecule has 0 atom stereocenters. The number of benzene rings is 2. The number of hydrogen-bond acceptors (Lipinski definition) is 9. The van der Waals surface area contributed by atoms with Crippen molar-refractivity contribution in [3.8, 4) is 28.8 Å². The molecule has 0 saturated heterocycles. The molecule has 40 heavy (non-hydrogen) atoms. The maximum absolute atomic E-state index is 13.3. The van der Waals surface area contributed by atoms with E-state index in [0.717, 1.165) is 11.6 Å². The molecule has 13 heteroatoms. The van der Waals surface area contributed by atoms with Gasteiger partial charge in [0, 0.05) is 29.9 Å². The minimum atomic E-state index is -4.64.